The maximum Gasteiger partial charge on any atom is 0.230 e. The Balaban J connectivity index is 1.78. The molecule has 0 aromatic carbocycles. The Morgan fingerprint density at radius 1 is 1.23 bits per heavy atom. The SMILES string of the molecule is CC(C)C(C)NC(=O)CSc1nnc(CN2CCCCCC2=O)n1-c1cccnc1. The molecule has 1 N–H and O–H groups in total. The predicted molar refractivity (Wildman–Crippen MR) is 116 cm³/mol. The molecule has 1 unspecified atom stereocenters. The highest BCUT2D eigenvalue weighted by molar-refractivity contribution is 7.99. The number of aromatic nitrogens is 4. The van der Waals surface area contributed by atoms with Gasteiger partial charge in [0.2, 0.25) is 11.8 Å². The van der Waals surface area contributed by atoms with Gasteiger partial charge in [0.05, 0.1) is 24.2 Å². The zero-order valence-corrected chi connectivity index (χ0v) is 18.7. The summed E-state index contributed by atoms with van der Waals surface area (Å²) in [6.45, 7) is 7.29. The molecule has 3 rings (SSSR count). The van der Waals surface area contributed by atoms with E-state index in [2.05, 4.69) is 34.3 Å². The average molecular weight is 431 g/mol. The Morgan fingerprint density at radius 3 is 2.80 bits per heavy atom. The molecule has 2 aromatic heterocycles. The summed E-state index contributed by atoms with van der Waals surface area (Å²) in [5.74, 6) is 1.42. The highest BCUT2D eigenvalue weighted by Crippen LogP contribution is 2.23. The molecule has 162 valence electrons. The van der Waals surface area contributed by atoms with Crippen LogP contribution in [0.4, 0.5) is 0 Å². The molecule has 1 fully saturated rings. The molecule has 2 amide bonds. The van der Waals surface area contributed by atoms with Crippen molar-refractivity contribution in [3.63, 3.8) is 0 Å². The van der Waals surface area contributed by atoms with E-state index in [-0.39, 0.29) is 23.6 Å². The Labute approximate surface area is 181 Å². The van der Waals surface area contributed by atoms with Gasteiger partial charge in [0.25, 0.3) is 0 Å². The van der Waals surface area contributed by atoms with Crippen LogP contribution in [0.5, 0.6) is 0 Å². The molecule has 0 aliphatic carbocycles. The number of carbonyl (C=O) groups is 2. The lowest BCUT2D eigenvalue weighted by molar-refractivity contribution is -0.131. The van der Waals surface area contributed by atoms with E-state index in [1.807, 2.05) is 28.5 Å². The lowest BCUT2D eigenvalue weighted by Gasteiger charge is -2.20. The summed E-state index contributed by atoms with van der Waals surface area (Å²) in [6, 6.07) is 3.88. The van der Waals surface area contributed by atoms with Gasteiger partial charge in [0.1, 0.15) is 0 Å². The summed E-state index contributed by atoms with van der Waals surface area (Å²) in [5, 5.41) is 12.3. The number of amides is 2. The summed E-state index contributed by atoms with van der Waals surface area (Å²) in [7, 11) is 0. The van der Waals surface area contributed by atoms with Crippen LogP contribution in [0.1, 0.15) is 52.3 Å². The Morgan fingerprint density at radius 2 is 2.07 bits per heavy atom. The molecule has 1 atom stereocenters. The van der Waals surface area contributed by atoms with Gasteiger partial charge in [-0.3, -0.25) is 19.1 Å². The van der Waals surface area contributed by atoms with Crippen LogP contribution in [0.25, 0.3) is 5.69 Å². The highest BCUT2D eigenvalue weighted by Gasteiger charge is 2.22. The van der Waals surface area contributed by atoms with E-state index < -0.39 is 0 Å². The van der Waals surface area contributed by atoms with Crippen molar-refractivity contribution < 1.29 is 9.59 Å². The summed E-state index contributed by atoms with van der Waals surface area (Å²) in [5.41, 5.74) is 0.818. The first kappa shape index (κ1) is 22.3. The van der Waals surface area contributed by atoms with Gasteiger partial charge in [-0.05, 0) is 37.8 Å². The normalized spacial score (nSPS) is 15.9. The third-order valence-electron chi connectivity index (χ3n) is 5.33. The number of carbonyl (C=O) groups excluding carboxylic acids is 2. The number of nitrogens with zero attached hydrogens (tertiary/aromatic N) is 5. The van der Waals surface area contributed by atoms with Gasteiger partial charge in [-0.2, -0.15) is 0 Å². The van der Waals surface area contributed by atoms with Crippen LogP contribution >= 0.6 is 11.8 Å². The van der Waals surface area contributed by atoms with Crippen LogP contribution in [0.2, 0.25) is 0 Å². The smallest absolute Gasteiger partial charge is 0.230 e. The fraction of sp³-hybridized carbons (Fsp3) is 0.571. The molecule has 2 aromatic rings. The van der Waals surface area contributed by atoms with Crippen molar-refractivity contribution >= 4 is 23.6 Å². The van der Waals surface area contributed by atoms with E-state index in [9.17, 15) is 9.59 Å². The number of likely N-dealkylation sites (tertiary alicyclic amines) is 1. The molecule has 8 nitrogen and oxygen atoms in total. The van der Waals surface area contributed by atoms with E-state index in [0.29, 0.717) is 29.9 Å². The Kier molecular flexibility index (Phi) is 7.84. The van der Waals surface area contributed by atoms with Crippen LogP contribution < -0.4 is 5.32 Å². The minimum absolute atomic E-state index is 0.0359. The lowest BCUT2D eigenvalue weighted by Crippen LogP contribution is -2.37. The molecule has 3 heterocycles. The van der Waals surface area contributed by atoms with Crippen molar-refractivity contribution in [1.29, 1.82) is 0 Å². The Hall–Kier alpha value is -2.42. The second-order valence-corrected chi connectivity index (χ2v) is 8.90. The number of pyridine rings is 1. The van der Waals surface area contributed by atoms with E-state index in [4.69, 9.17) is 0 Å². The van der Waals surface area contributed by atoms with E-state index in [1.165, 1.54) is 11.8 Å². The van der Waals surface area contributed by atoms with Crippen LogP contribution in [0, 0.1) is 5.92 Å². The molecule has 1 saturated heterocycles. The fourth-order valence-electron chi connectivity index (χ4n) is 3.21. The maximum atomic E-state index is 12.4. The summed E-state index contributed by atoms with van der Waals surface area (Å²) < 4.78 is 1.90. The van der Waals surface area contributed by atoms with Crippen LogP contribution in [0.15, 0.2) is 29.7 Å². The molecule has 1 aliphatic rings. The zero-order chi connectivity index (χ0) is 21.5. The Bertz CT molecular complexity index is 854. The minimum atomic E-state index is -0.0359. The van der Waals surface area contributed by atoms with Crippen molar-refractivity contribution in [2.75, 3.05) is 12.3 Å². The second kappa shape index (κ2) is 10.6. The molecule has 0 saturated carbocycles. The average Bonchev–Trinajstić information content (AvgIpc) is 3.02. The zero-order valence-electron chi connectivity index (χ0n) is 17.9. The summed E-state index contributed by atoms with van der Waals surface area (Å²) in [4.78, 5) is 30.8. The number of nitrogens with one attached hydrogen (secondary N) is 1. The number of hydrogen-bond donors (Lipinski definition) is 1. The first-order valence-corrected chi connectivity index (χ1v) is 11.5. The third-order valence-corrected chi connectivity index (χ3v) is 6.26. The van der Waals surface area contributed by atoms with Gasteiger partial charge in [-0.25, -0.2) is 0 Å². The molecular weight excluding hydrogens is 400 g/mol. The minimum Gasteiger partial charge on any atom is -0.353 e. The van der Waals surface area contributed by atoms with Crippen molar-refractivity contribution in [2.45, 2.75) is 64.2 Å². The molecule has 0 bridgehead atoms. The molecule has 9 heteroatoms. The van der Waals surface area contributed by atoms with Crippen molar-refractivity contribution in [3.8, 4) is 5.69 Å². The molecule has 30 heavy (non-hydrogen) atoms. The van der Waals surface area contributed by atoms with E-state index in [0.717, 1.165) is 31.5 Å². The fourth-order valence-corrected chi connectivity index (χ4v) is 3.99. The van der Waals surface area contributed by atoms with Gasteiger partial charge >= 0.3 is 0 Å². The molecule has 1 aliphatic heterocycles. The quantitative estimate of drug-likeness (QED) is 0.648. The van der Waals surface area contributed by atoms with Gasteiger partial charge in [-0.15, -0.1) is 10.2 Å². The van der Waals surface area contributed by atoms with Crippen LogP contribution in [0.3, 0.4) is 0 Å². The largest absolute Gasteiger partial charge is 0.353 e. The van der Waals surface area contributed by atoms with Gasteiger partial charge in [0, 0.05) is 25.2 Å². The van der Waals surface area contributed by atoms with Crippen molar-refractivity contribution in [1.82, 2.24) is 30.0 Å². The third kappa shape index (κ3) is 5.81. The van der Waals surface area contributed by atoms with Gasteiger partial charge in [0.15, 0.2) is 11.0 Å². The van der Waals surface area contributed by atoms with Crippen LogP contribution in [-0.4, -0.2) is 54.8 Å². The number of rotatable bonds is 8. The maximum absolute atomic E-state index is 12.4. The van der Waals surface area contributed by atoms with Gasteiger partial charge in [-0.1, -0.05) is 32.0 Å². The lowest BCUT2D eigenvalue weighted by atomic mass is 10.1. The topological polar surface area (TPSA) is 93.0 Å². The number of thioether (sulfide) groups is 1. The van der Waals surface area contributed by atoms with Gasteiger partial charge < -0.3 is 10.2 Å². The number of hydrogen-bond acceptors (Lipinski definition) is 6. The van der Waals surface area contributed by atoms with E-state index in [1.54, 1.807) is 12.4 Å². The van der Waals surface area contributed by atoms with Crippen LogP contribution in [-0.2, 0) is 16.1 Å². The van der Waals surface area contributed by atoms with Crippen molar-refractivity contribution in [2.24, 2.45) is 5.92 Å². The molecule has 0 radical (unpaired) electrons. The first-order valence-electron chi connectivity index (χ1n) is 10.5. The first-order chi connectivity index (χ1) is 14.5. The highest BCUT2D eigenvalue weighted by atomic mass is 32.2. The summed E-state index contributed by atoms with van der Waals surface area (Å²) >= 11 is 1.34. The monoisotopic (exact) mass is 430 g/mol. The standard InChI is InChI=1S/C21H30N6O2S/c1-15(2)16(3)23-19(28)14-30-21-25-24-18(27(21)17-8-7-10-22-12-17)13-26-11-6-4-5-9-20(26)29/h7-8,10,12,15-16H,4-6,9,11,13-14H2,1-3H3,(H,23,28). The second-order valence-electron chi connectivity index (χ2n) is 7.96. The predicted octanol–water partition coefficient (Wildman–Crippen LogP) is 2.82. The van der Waals surface area contributed by atoms with Crippen molar-refractivity contribution in [3.05, 3.63) is 30.4 Å². The molecular formula is C21H30N6O2S. The molecule has 0 spiro atoms. The summed E-state index contributed by atoms with van der Waals surface area (Å²) in [6.07, 6.45) is 7.04. The van der Waals surface area contributed by atoms with E-state index >= 15 is 0 Å².